The second-order valence-corrected chi connectivity index (χ2v) is 6.16. The molecule has 17 heavy (non-hydrogen) atoms. The van der Waals surface area contributed by atoms with E-state index >= 15 is 0 Å². The molecule has 0 spiro atoms. The summed E-state index contributed by atoms with van der Waals surface area (Å²) in [6.07, 6.45) is 2.81. The van der Waals surface area contributed by atoms with Crippen molar-refractivity contribution in [1.82, 2.24) is 4.90 Å². The Morgan fingerprint density at radius 3 is 2.71 bits per heavy atom. The van der Waals surface area contributed by atoms with E-state index in [1.54, 1.807) is 11.3 Å². The molecule has 1 aromatic heterocycles. The third-order valence-electron chi connectivity index (χ3n) is 3.43. The maximum absolute atomic E-state index is 12.1. The Morgan fingerprint density at radius 2 is 2.12 bits per heavy atom. The molecule has 0 radical (unpaired) electrons. The van der Waals surface area contributed by atoms with E-state index in [1.807, 2.05) is 0 Å². The zero-order valence-corrected chi connectivity index (χ0v) is 11.5. The van der Waals surface area contributed by atoms with Gasteiger partial charge in [-0.05, 0) is 47.1 Å². The van der Waals surface area contributed by atoms with Crippen LogP contribution in [0.25, 0.3) is 0 Å². The highest BCUT2D eigenvalue weighted by Gasteiger charge is 2.24. The smallest absolute Gasteiger partial charge is 0.222 e. The van der Waals surface area contributed by atoms with Crippen LogP contribution in [0, 0.1) is 11.8 Å². The SMILES string of the molecule is CC1CC(C)CN(C(=O)CCc2ccsc2)C1. The van der Waals surface area contributed by atoms with E-state index in [0.717, 1.165) is 19.5 Å². The van der Waals surface area contributed by atoms with Crippen LogP contribution in [-0.4, -0.2) is 23.9 Å². The van der Waals surface area contributed by atoms with Gasteiger partial charge in [0.15, 0.2) is 0 Å². The fourth-order valence-corrected chi connectivity index (χ4v) is 3.41. The van der Waals surface area contributed by atoms with Crippen molar-refractivity contribution in [2.45, 2.75) is 33.1 Å². The molecule has 0 N–H and O–H groups in total. The number of carbonyl (C=O) groups is 1. The van der Waals surface area contributed by atoms with Crippen LogP contribution >= 0.6 is 11.3 Å². The van der Waals surface area contributed by atoms with Crippen molar-refractivity contribution >= 4 is 17.2 Å². The first-order valence-electron chi connectivity index (χ1n) is 6.44. The van der Waals surface area contributed by atoms with Gasteiger partial charge in [0.1, 0.15) is 0 Å². The van der Waals surface area contributed by atoms with Gasteiger partial charge in [0.05, 0.1) is 0 Å². The maximum atomic E-state index is 12.1. The van der Waals surface area contributed by atoms with E-state index in [1.165, 1.54) is 12.0 Å². The van der Waals surface area contributed by atoms with Crippen LogP contribution in [0.3, 0.4) is 0 Å². The first-order valence-corrected chi connectivity index (χ1v) is 7.38. The molecule has 0 bridgehead atoms. The number of thiophene rings is 1. The number of piperidine rings is 1. The van der Waals surface area contributed by atoms with E-state index in [-0.39, 0.29) is 0 Å². The summed E-state index contributed by atoms with van der Waals surface area (Å²) < 4.78 is 0. The molecule has 0 saturated carbocycles. The minimum absolute atomic E-state index is 0.328. The second kappa shape index (κ2) is 5.67. The third kappa shape index (κ3) is 3.56. The fourth-order valence-electron chi connectivity index (χ4n) is 2.71. The minimum atomic E-state index is 0.328. The van der Waals surface area contributed by atoms with Crippen LogP contribution in [0.2, 0.25) is 0 Å². The molecule has 3 heteroatoms. The highest BCUT2D eigenvalue weighted by molar-refractivity contribution is 7.07. The van der Waals surface area contributed by atoms with Crippen LogP contribution in [-0.2, 0) is 11.2 Å². The molecule has 2 heterocycles. The monoisotopic (exact) mass is 251 g/mol. The van der Waals surface area contributed by atoms with Crippen molar-refractivity contribution in [2.75, 3.05) is 13.1 Å². The lowest BCUT2D eigenvalue weighted by Gasteiger charge is -2.35. The normalized spacial score (nSPS) is 24.9. The van der Waals surface area contributed by atoms with Gasteiger partial charge in [-0.2, -0.15) is 11.3 Å². The Bertz CT molecular complexity index is 350. The number of amides is 1. The van der Waals surface area contributed by atoms with Gasteiger partial charge in [-0.15, -0.1) is 0 Å². The lowest BCUT2D eigenvalue weighted by atomic mass is 9.91. The molecule has 0 aliphatic carbocycles. The van der Waals surface area contributed by atoms with Crippen LogP contribution in [0.15, 0.2) is 16.8 Å². The lowest BCUT2D eigenvalue weighted by molar-refractivity contribution is -0.133. The van der Waals surface area contributed by atoms with Crippen LogP contribution in [0.5, 0.6) is 0 Å². The standard InChI is InChI=1S/C14H21NOS/c1-11-7-12(2)9-15(8-11)14(16)4-3-13-5-6-17-10-13/h5-6,10-12H,3-4,7-9H2,1-2H3. The van der Waals surface area contributed by atoms with E-state index < -0.39 is 0 Å². The third-order valence-corrected chi connectivity index (χ3v) is 4.16. The first kappa shape index (κ1) is 12.6. The van der Waals surface area contributed by atoms with Crippen molar-refractivity contribution < 1.29 is 4.79 Å². The Labute approximate surface area is 108 Å². The molecule has 2 unspecified atom stereocenters. The van der Waals surface area contributed by atoms with Crippen LogP contribution in [0.1, 0.15) is 32.3 Å². The van der Waals surface area contributed by atoms with Gasteiger partial charge < -0.3 is 4.90 Å². The van der Waals surface area contributed by atoms with Gasteiger partial charge in [0.25, 0.3) is 0 Å². The fraction of sp³-hybridized carbons (Fsp3) is 0.643. The molecule has 94 valence electrons. The molecule has 0 aromatic carbocycles. The summed E-state index contributed by atoms with van der Waals surface area (Å²) in [5.41, 5.74) is 1.29. The second-order valence-electron chi connectivity index (χ2n) is 5.38. The van der Waals surface area contributed by atoms with E-state index in [0.29, 0.717) is 24.2 Å². The first-order chi connectivity index (χ1) is 8.15. The Morgan fingerprint density at radius 1 is 1.41 bits per heavy atom. The summed E-state index contributed by atoms with van der Waals surface area (Å²) >= 11 is 1.70. The predicted octanol–water partition coefficient (Wildman–Crippen LogP) is 3.19. The number of nitrogens with zero attached hydrogens (tertiary/aromatic N) is 1. The van der Waals surface area contributed by atoms with E-state index in [9.17, 15) is 4.79 Å². The summed E-state index contributed by atoms with van der Waals surface area (Å²) in [4.78, 5) is 14.2. The van der Waals surface area contributed by atoms with Crippen molar-refractivity contribution in [3.8, 4) is 0 Å². The summed E-state index contributed by atoms with van der Waals surface area (Å²) in [6, 6.07) is 2.11. The van der Waals surface area contributed by atoms with Crippen molar-refractivity contribution in [1.29, 1.82) is 0 Å². The zero-order chi connectivity index (χ0) is 12.3. The molecule has 1 aromatic rings. The number of aryl methyl sites for hydroxylation is 1. The Hall–Kier alpha value is -0.830. The van der Waals surface area contributed by atoms with E-state index in [2.05, 4.69) is 35.6 Å². The van der Waals surface area contributed by atoms with Gasteiger partial charge in [-0.3, -0.25) is 4.79 Å². The molecule has 1 saturated heterocycles. The van der Waals surface area contributed by atoms with Crippen molar-refractivity contribution in [3.63, 3.8) is 0 Å². The van der Waals surface area contributed by atoms with Gasteiger partial charge in [-0.25, -0.2) is 0 Å². The Kier molecular flexibility index (Phi) is 4.21. The Balaban J connectivity index is 1.83. The zero-order valence-electron chi connectivity index (χ0n) is 10.7. The maximum Gasteiger partial charge on any atom is 0.222 e. The van der Waals surface area contributed by atoms with E-state index in [4.69, 9.17) is 0 Å². The minimum Gasteiger partial charge on any atom is -0.342 e. The predicted molar refractivity (Wildman–Crippen MR) is 72.2 cm³/mol. The van der Waals surface area contributed by atoms with Crippen LogP contribution in [0.4, 0.5) is 0 Å². The molecular weight excluding hydrogens is 230 g/mol. The summed E-state index contributed by atoms with van der Waals surface area (Å²) in [7, 11) is 0. The average Bonchev–Trinajstić information content (AvgIpc) is 2.77. The molecule has 1 aliphatic rings. The summed E-state index contributed by atoms with van der Waals surface area (Å²) in [5, 5.41) is 4.21. The molecule has 1 amide bonds. The number of rotatable bonds is 3. The number of hydrogen-bond acceptors (Lipinski definition) is 2. The molecular formula is C14H21NOS. The highest BCUT2D eigenvalue weighted by Crippen LogP contribution is 2.21. The largest absolute Gasteiger partial charge is 0.342 e. The van der Waals surface area contributed by atoms with Gasteiger partial charge in [-0.1, -0.05) is 13.8 Å². The van der Waals surface area contributed by atoms with Gasteiger partial charge >= 0.3 is 0 Å². The number of likely N-dealkylation sites (tertiary alicyclic amines) is 1. The quantitative estimate of drug-likeness (QED) is 0.808. The average molecular weight is 251 g/mol. The molecule has 2 nitrogen and oxygen atoms in total. The molecule has 2 atom stereocenters. The van der Waals surface area contributed by atoms with Crippen LogP contribution < -0.4 is 0 Å². The van der Waals surface area contributed by atoms with Gasteiger partial charge in [0, 0.05) is 19.5 Å². The molecule has 1 fully saturated rings. The van der Waals surface area contributed by atoms with Gasteiger partial charge in [0.2, 0.25) is 5.91 Å². The number of hydrogen-bond donors (Lipinski definition) is 0. The highest BCUT2D eigenvalue weighted by atomic mass is 32.1. The molecule has 2 rings (SSSR count). The van der Waals surface area contributed by atoms with Crippen molar-refractivity contribution in [2.24, 2.45) is 11.8 Å². The topological polar surface area (TPSA) is 20.3 Å². The summed E-state index contributed by atoms with van der Waals surface area (Å²) in [6.45, 7) is 6.39. The lowest BCUT2D eigenvalue weighted by Crippen LogP contribution is -2.42. The van der Waals surface area contributed by atoms with Crippen molar-refractivity contribution in [3.05, 3.63) is 22.4 Å². The molecule has 1 aliphatic heterocycles. The summed E-state index contributed by atoms with van der Waals surface area (Å²) in [5.74, 6) is 1.64. The number of carbonyl (C=O) groups excluding carboxylic acids is 1.